The van der Waals surface area contributed by atoms with Crippen LogP contribution in [0, 0.1) is 39.9 Å². The summed E-state index contributed by atoms with van der Waals surface area (Å²) in [6, 6.07) is 0. The van der Waals surface area contributed by atoms with Gasteiger partial charge in [0.15, 0.2) is 0 Å². The average molecular weight is 404 g/mol. The summed E-state index contributed by atoms with van der Waals surface area (Å²) in [5, 5.41) is 8.35. The number of aliphatic carboxylic acids is 1. The molecule has 0 aliphatic rings. The summed E-state index contributed by atoms with van der Waals surface area (Å²) < 4.78 is 0. The third kappa shape index (κ3) is 15.5. The second-order valence-electron chi connectivity index (χ2n) is 3.27. The van der Waals surface area contributed by atoms with E-state index in [1.54, 1.807) is 0 Å². The molecule has 0 aromatic rings. The SMILES string of the molecule is CCCCCCCCCC(=O)O.[Th]. The van der Waals surface area contributed by atoms with Gasteiger partial charge in [0.25, 0.3) is 0 Å². The molecule has 0 amide bonds. The van der Waals surface area contributed by atoms with Gasteiger partial charge in [-0.1, -0.05) is 45.4 Å². The van der Waals surface area contributed by atoms with Crippen LogP contribution in [0.4, 0.5) is 0 Å². The van der Waals surface area contributed by atoms with E-state index in [2.05, 4.69) is 6.92 Å². The first-order chi connectivity index (χ1) is 5.77. The first-order valence-electron chi connectivity index (χ1n) is 4.99. The molecule has 2 nitrogen and oxygen atoms in total. The molecule has 0 aliphatic heterocycles. The van der Waals surface area contributed by atoms with Crippen molar-refractivity contribution < 1.29 is 49.8 Å². The van der Waals surface area contributed by atoms with Crippen molar-refractivity contribution in [3.8, 4) is 0 Å². The summed E-state index contributed by atoms with van der Waals surface area (Å²) in [4.78, 5) is 10.1. The molecule has 0 atom stereocenters. The van der Waals surface area contributed by atoms with Crippen molar-refractivity contribution >= 4 is 5.97 Å². The minimum absolute atomic E-state index is 0. The van der Waals surface area contributed by atoms with Crippen LogP contribution >= 0.6 is 0 Å². The number of rotatable bonds is 8. The Kier molecular flexibility index (Phi) is 16.0. The molecule has 0 aliphatic carbocycles. The zero-order chi connectivity index (χ0) is 9.23. The quantitative estimate of drug-likeness (QED) is 0.631. The second-order valence-corrected chi connectivity index (χ2v) is 3.27. The van der Waals surface area contributed by atoms with E-state index in [1.807, 2.05) is 0 Å². The molecular formula is C10H20O2Th. The number of hydrogen-bond acceptors (Lipinski definition) is 1. The van der Waals surface area contributed by atoms with Gasteiger partial charge in [-0.15, -0.1) is 0 Å². The minimum Gasteiger partial charge on any atom is -0.481 e. The van der Waals surface area contributed by atoms with E-state index in [0.29, 0.717) is 6.42 Å². The maximum Gasteiger partial charge on any atom is 0.303 e. The van der Waals surface area contributed by atoms with Gasteiger partial charge < -0.3 is 5.11 Å². The van der Waals surface area contributed by atoms with E-state index < -0.39 is 5.97 Å². The van der Waals surface area contributed by atoms with Crippen LogP contribution < -0.4 is 0 Å². The zero-order valence-electron chi connectivity index (χ0n) is 8.51. The molecule has 0 saturated carbocycles. The fraction of sp³-hybridized carbons (Fsp3) is 0.900. The van der Waals surface area contributed by atoms with Crippen molar-refractivity contribution in [2.45, 2.75) is 58.3 Å². The van der Waals surface area contributed by atoms with Crippen molar-refractivity contribution in [1.82, 2.24) is 0 Å². The van der Waals surface area contributed by atoms with E-state index >= 15 is 0 Å². The van der Waals surface area contributed by atoms with Crippen LogP contribution in [-0.2, 0) is 4.79 Å². The average Bonchev–Trinajstić information content (AvgIpc) is 2.02. The monoisotopic (exact) mass is 404 g/mol. The fourth-order valence-corrected chi connectivity index (χ4v) is 1.23. The van der Waals surface area contributed by atoms with Crippen molar-refractivity contribution in [3.63, 3.8) is 0 Å². The molecule has 0 saturated heterocycles. The molecule has 1 N–H and O–H groups in total. The number of unbranched alkanes of at least 4 members (excludes halogenated alkanes) is 6. The molecule has 0 bridgehead atoms. The third-order valence-corrected chi connectivity index (χ3v) is 1.99. The Morgan fingerprint density at radius 2 is 1.46 bits per heavy atom. The molecule has 0 fully saturated rings. The predicted molar refractivity (Wildman–Crippen MR) is 50.2 cm³/mol. The molecule has 0 spiro atoms. The Labute approximate surface area is 113 Å². The maximum atomic E-state index is 10.1. The van der Waals surface area contributed by atoms with Crippen LogP contribution in [0.5, 0.6) is 0 Å². The second kappa shape index (κ2) is 12.8. The van der Waals surface area contributed by atoms with E-state index in [4.69, 9.17) is 5.11 Å². The molecule has 0 heterocycles. The molecule has 0 aromatic carbocycles. The molecule has 0 rings (SSSR count). The topological polar surface area (TPSA) is 37.3 Å². The number of carboxylic acid groups (broad SMARTS) is 1. The summed E-state index contributed by atoms with van der Waals surface area (Å²) in [6.45, 7) is 2.20. The van der Waals surface area contributed by atoms with Gasteiger partial charge in [-0.05, 0) is 6.42 Å². The molecular weight excluding hydrogens is 384 g/mol. The van der Waals surface area contributed by atoms with Crippen LogP contribution in [-0.4, -0.2) is 11.1 Å². The summed E-state index contributed by atoms with van der Waals surface area (Å²) in [5.74, 6) is -0.663. The van der Waals surface area contributed by atoms with Gasteiger partial charge in [-0.3, -0.25) is 4.79 Å². The Balaban J connectivity index is 0. The van der Waals surface area contributed by atoms with Gasteiger partial charge in [-0.2, -0.15) is 0 Å². The molecule has 3 heteroatoms. The summed E-state index contributed by atoms with van der Waals surface area (Å²) in [7, 11) is 0. The Morgan fingerprint density at radius 3 is 1.92 bits per heavy atom. The first-order valence-corrected chi connectivity index (χ1v) is 4.99. The van der Waals surface area contributed by atoms with Gasteiger partial charge in [0, 0.05) is 46.4 Å². The van der Waals surface area contributed by atoms with Crippen molar-refractivity contribution in [1.29, 1.82) is 0 Å². The van der Waals surface area contributed by atoms with E-state index in [-0.39, 0.29) is 39.9 Å². The van der Waals surface area contributed by atoms with Crippen LogP contribution in [0.15, 0.2) is 0 Å². The van der Waals surface area contributed by atoms with Crippen LogP contribution in [0.1, 0.15) is 58.3 Å². The van der Waals surface area contributed by atoms with Crippen molar-refractivity contribution in [3.05, 3.63) is 0 Å². The smallest absolute Gasteiger partial charge is 0.303 e. The predicted octanol–water partition coefficient (Wildman–Crippen LogP) is 3.21. The Bertz CT molecular complexity index is 115. The molecule has 76 valence electrons. The first kappa shape index (κ1) is 16.2. The van der Waals surface area contributed by atoms with Crippen molar-refractivity contribution in [2.75, 3.05) is 0 Å². The standard InChI is InChI=1S/C10H20O2.Th/c1-2-3-4-5-6-7-8-9-10(11)12;/h2-9H2,1H3,(H,11,12);. The molecule has 0 unspecified atom stereocenters. The van der Waals surface area contributed by atoms with Gasteiger partial charge >= 0.3 is 5.97 Å². The van der Waals surface area contributed by atoms with Crippen LogP contribution in [0.25, 0.3) is 0 Å². The number of carboxylic acids is 1. The summed E-state index contributed by atoms with van der Waals surface area (Å²) in [5.41, 5.74) is 0. The van der Waals surface area contributed by atoms with E-state index in [9.17, 15) is 4.79 Å². The maximum absolute atomic E-state index is 10.1. The van der Waals surface area contributed by atoms with Crippen molar-refractivity contribution in [2.24, 2.45) is 0 Å². The van der Waals surface area contributed by atoms with E-state index in [1.165, 1.54) is 32.1 Å². The van der Waals surface area contributed by atoms with Crippen LogP contribution in [0.3, 0.4) is 0 Å². The molecule has 13 heavy (non-hydrogen) atoms. The van der Waals surface area contributed by atoms with Gasteiger partial charge in [-0.25, -0.2) is 0 Å². The fourth-order valence-electron chi connectivity index (χ4n) is 1.23. The number of carbonyl (C=O) groups is 1. The largest absolute Gasteiger partial charge is 0.481 e. The van der Waals surface area contributed by atoms with Gasteiger partial charge in [0.1, 0.15) is 0 Å². The Hall–Kier alpha value is 0.795. The Morgan fingerprint density at radius 1 is 1.00 bits per heavy atom. The summed E-state index contributed by atoms with van der Waals surface area (Å²) in [6.07, 6.45) is 8.64. The molecule has 0 radical (unpaired) electrons. The van der Waals surface area contributed by atoms with E-state index in [0.717, 1.165) is 12.8 Å². The zero-order valence-corrected chi connectivity index (χ0v) is 12.6. The van der Waals surface area contributed by atoms with Crippen LogP contribution in [0.2, 0.25) is 0 Å². The normalized spacial score (nSPS) is 9.31. The minimum atomic E-state index is -0.663. The number of hydrogen-bond donors (Lipinski definition) is 1. The van der Waals surface area contributed by atoms with Gasteiger partial charge in [0.05, 0.1) is 0 Å². The van der Waals surface area contributed by atoms with Gasteiger partial charge in [0.2, 0.25) is 0 Å². The summed E-state index contributed by atoms with van der Waals surface area (Å²) >= 11 is 0. The third-order valence-electron chi connectivity index (χ3n) is 1.99. The molecule has 0 aromatic heterocycles.